The molecule has 0 aromatic carbocycles. The molecule has 0 saturated carbocycles. The molecule has 0 bridgehead atoms. The van der Waals surface area contributed by atoms with Gasteiger partial charge < -0.3 is 33.5 Å². The molecule has 1 aromatic rings. The fourth-order valence-electron chi connectivity index (χ4n) is 6.32. The van der Waals surface area contributed by atoms with Crippen molar-refractivity contribution in [1.29, 1.82) is 0 Å². The average molecular weight is 831 g/mol. The van der Waals surface area contributed by atoms with Crippen LogP contribution in [0.2, 0.25) is 0 Å². The Morgan fingerprint density at radius 2 is 1.32 bits per heavy atom. The summed E-state index contributed by atoms with van der Waals surface area (Å²) < 4.78 is 40.3. The van der Waals surface area contributed by atoms with Crippen LogP contribution in [0, 0.1) is 13.8 Å². The van der Waals surface area contributed by atoms with Crippen molar-refractivity contribution in [3.8, 4) is 0 Å². The van der Waals surface area contributed by atoms with Gasteiger partial charge in [0.2, 0.25) is 0 Å². The Morgan fingerprint density at radius 1 is 0.719 bits per heavy atom. The van der Waals surface area contributed by atoms with Gasteiger partial charge in [-0.1, -0.05) is 90.2 Å². The highest BCUT2D eigenvalue weighted by Crippen LogP contribution is 2.43. The molecule has 0 spiro atoms. The minimum atomic E-state index is -4.42. The molecule has 1 heterocycles. The van der Waals surface area contributed by atoms with E-state index in [4.69, 9.17) is 22.9 Å². The number of furan rings is 1. The number of ether oxygens (including phenoxy) is 2. The van der Waals surface area contributed by atoms with Gasteiger partial charge >= 0.3 is 19.8 Å². The second kappa shape index (κ2) is 30.9. The summed E-state index contributed by atoms with van der Waals surface area (Å²) in [5, 5.41) is 20.5. The Hall–Kier alpha value is -2.05. The molecule has 3 N–H and O–H groups in total. The number of phosphoric ester groups is 1. The van der Waals surface area contributed by atoms with Crippen LogP contribution in [-0.2, 0) is 45.5 Å². The summed E-state index contributed by atoms with van der Waals surface area (Å²) in [6, 6.07) is 0. The molecule has 1 aromatic heterocycles. The number of hydrogen-bond acceptors (Lipinski definition) is 10. The van der Waals surface area contributed by atoms with Crippen molar-refractivity contribution in [2.24, 2.45) is 0 Å². The maximum atomic E-state index is 12.7. The number of phosphoric acid groups is 1. The number of hydrogen-bond donors (Lipinski definition) is 3. The molecule has 0 fully saturated rings. The van der Waals surface area contributed by atoms with Gasteiger partial charge in [0.15, 0.2) is 6.10 Å². The topological polar surface area (TPSA) is 162 Å². The third kappa shape index (κ3) is 27.4. The van der Waals surface area contributed by atoms with Crippen LogP contribution in [0.5, 0.6) is 0 Å². The highest BCUT2D eigenvalue weighted by atomic mass is 31.2. The van der Waals surface area contributed by atoms with Gasteiger partial charge in [0.1, 0.15) is 31.3 Å². The predicted molar refractivity (Wildman–Crippen MR) is 226 cm³/mol. The van der Waals surface area contributed by atoms with Crippen molar-refractivity contribution >= 4 is 19.8 Å². The Bertz CT molecular complexity index is 1290. The molecule has 13 heteroatoms. The van der Waals surface area contributed by atoms with Crippen LogP contribution >= 0.6 is 7.82 Å². The maximum absolute atomic E-state index is 12.7. The smallest absolute Gasteiger partial charge is 0.466 e. The van der Waals surface area contributed by atoms with E-state index in [0.29, 0.717) is 36.7 Å². The lowest BCUT2D eigenvalue weighted by Gasteiger charge is -2.24. The number of aryl methyl sites for hydroxylation is 2. The monoisotopic (exact) mass is 831 g/mol. The van der Waals surface area contributed by atoms with Crippen molar-refractivity contribution in [3.63, 3.8) is 0 Å². The van der Waals surface area contributed by atoms with Gasteiger partial charge in [-0.05, 0) is 76.3 Å². The lowest BCUT2D eigenvalue weighted by molar-refractivity contribution is -0.870. The molecule has 332 valence electrons. The van der Waals surface area contributed by atoms with Gasteiger partial charge in [0.25, 0.3) is 0 Å². The van der Waals surface area contributed by atoms with Gasteiger partial charge in [-0.2, -0.15) is 0 Å². The first kappa shape index (κ1) is 53.0. The number of nitrogens with zero attached hydrogens (tertiary/aromatic N) is 1. The van der Waals surface area contributed by atoms with E-state index in [-0.39, 0.29) is 26.1 Å². The Kier molecular flexibility index (Phi) is 28.7. The second-order valence-electron chi connectivity index (χ2n) is 16.6. The summed E-state index contributed by atoms with van der Waals surface area (Å²) in [7, 11) is 1.36. The third-order valence-corrected chi connectivity index (χ3v) is 11.2. The number of allylic oxidation sites excluding steroid dienone is 1. The number of carbonyl (C=O) groups is 2. The van der Waals surface area contributed by atoms with Crippen molar-refractivity contribution in [3.05, 3.63) is 34.8 Å². The van der Waals surface area contributed by atoms with Gasteiger partial charge in [-0.3, -0.25) is 18.6 Å². The fraction of sp³-hybridized carbons (Fsp3) is 0.818. The number of likely N-dealkylation sites (N-methyl/N-ethyl adjacent to an activating group) is 1. The van der Waals surface area contributed by atoms with E-state index in [2.05, 4.69) is 33.8 Å². The predicted octanol–water partition coefficient (Wildman–Crippen LogP) is 9.40. The molecule has 0 aliphatic carbocycles. The molecule has 0 radical (unpaired) electrons. The first-order chi connectivity index (χ1) is 27.1. The second-order valence-corrected chi connectivity index (χ2v) is 18.1. The van der Waals surface area contributed by atoms with E-state index >= 15 is 0 Å². The normalized spacial score (nSPS) is 14.8. The Labute approximate surface area is 345 Å². The van der Waals surface area contributed by atoms with Crippen molar-refractivity contribution in [2.45, 2.75) is 187 Å². The van der Waals surface area contributed by atoms with Crippen LogP contribution in [-0.4, -0.2) is 97.3 Å². The van der Waals surface area contributed by atoms with E-state index in [0.717, 1.165) is 101 Å². The van der Waals surface area contributed by atoms with Crippen molar-refractivity contribution in [2.75, 3.05) is 47.5 Å². The Morgan fingerprint density at radius 3 is 1.95 bits per heavy atom. The van der Waals surface area contributed by atoms with Gasteiger partial charge in [-0.25, -0.2) is 4.57 Å². The number of esters is 2. The van der Waals surface area contributed by atoms with Crippen molar-refractivity contribution in [1.82, 2.24) is 0 Å². The van der Waals surface area contributed by atoms with E-state index in [1.54, 1.807) is 0 Å². The Balaban J connectivity index is 2.41. The quantitative estimate of drug-likeness (QED) is 0.0194. The van der Waals surface area contributed by atoms with E-state index in [9.17, 15) is 29.3 Å². The minimum Gasteiger partial charge on any atom is -0.466 e. The third-order valence-electron chi connectivity index (χ3n) is 10.2. The average Bonchev–Trinajstić information content (AvgIpc) is 3.41. The number of unbranched alkanes of at least 4 members (excludes halogenated alkanes) is 12. The highest BCUT2D eigenvalue weighted by Gasteiger charge is 2.27. The summed E-state index contributed by atoms with van der Waals surface area (Å²) in [5.74, 6) is 1.27. The van der Waals surface area contributed by atoms with E-state index in [1.165, 1.54) is 24.0 Å². The van der Waals surface area contributed by atoms with Crippen LogP contribution < -0.4 is 0 Å². The van der Waals surface area contributed by atoms with Gasteiger partial charge in [0.05, 0.1) is 40.0 Å². The first-order valence-corrected chi connectivity index (χ1v) is 23.4. The molecule has 0 aliphatic rings. The molecule has 0 saturated heterocycles. The molecule has 1 rings (SSSR count). The standard InChI is InChI=1S/C44H80NO11P/c1-8-10-11-12-16-21-27-39(46)40(47)28-22-17-15-20-24-30-43(48)52-34-38(35-54-57(50,51)53-33-32-45(5,6)7)55-44(49)31-25-19-14-13-18-23-29-42-37(4)36(3)41(56-42)26-9-2/h16,21,38-40,46-47H,8-15,17-20,22-35H2,1-7H3/p+1/b21-16-/t38-,39-,40-/m1/s1. The van der Waals surface area contributed by atoms with Crippen LogP contribution in [0.25, 0.3) is 0 Å². The minimum absolute atomic E-state index is 0.00183. The molecule has 57 heavy (non-hydrogen) atoms. The van der Waals surface area contributed by atoms with Crippen LogP contribution in [0.4, 0.5) is 0 Å². The number of quaternary nitrogens is 1. The number of carbonyl (C=O) groups excluding carboxylic acids is 2. The molecule has 12 nitrogen and oxygen atoms in total. The number of aliphatic hydroxyl groups is 2. The summed E-state index contributed by atoms with van der Waals surface area (Å²) in [6.45, 7) is 8.33. The lowest BCUT2D eigenvalue weighted by Crippen LogP contribution is -2.37. The highest BCUT2D eigenvalue weighted by molar-refractivity contribution is 7.47. The zero-order chi connectivity index (χ0) is 42.5. The van der Waals surface area contributed by atoms with Crippen LogP contribution in [0.1, 0.15) is 165 Å². The molecule has 0 amide bonds. The van der Waals surface area contributed by atoms with Crippen LogP contribution in [0.3, 0.4) is 0 Å². The summed E-state index contributed by atoms with van der Waals surface area (Å²) >= 11 is 0. The molecular formula is C44H81NO11P+. The maximum Gasteiger partial charge on any atom is 0.472 e. The molecule has 0 aliphatic heterocycles. The molecular weight excluding hydrogens is 749 g/mol. The van der Waals surface area contributed by atoms with Gasteiger partial charge in [-0.15, -0.1) is 0 Å². The summed E-state index contributed by atoms with van der Waals surface area (Å²) in [5.41, 5.74) is 2.55. The molecule has 1 unspecified atom stereocenters. The zero-order valence-corrected chi connectivity index (χ0v) is 37.7. The number of aliphatic hydroxyl groups excluding tert-OH is 2. The SMILES string of the molecule is CCCCC/C=C\C[C@@H](O)[C@H](O)CCCCCCCC(=O)OC[C@H](COP(=O)(O)OCC[N+](C)(C)C)OC(=O)CCCCCCCCc1oc(CCC)c(C)c1C. The van der Waals surface area contributed by atoms with Crippen molar-refractivity contribution < 1.29 is 56.7 Å². The van der Waals surface area contributed by atoms with E-state index < -0.39 is 44.7 Å². The zero-order valence-electron chi connectivity index (χ0n) is 36.8. The summed E-state index contributed by atoms with van der Waals surface area (Å²) in [4.78, 5) is 35.5. The summed E-state index contributed by atoms with van der Waals surface area (Å²) in [6.07, 6.45) is 20.0. The van der Waals surface area contributed by atoms with Crippen LogP contribution in [0.15, 0.2) is 16.6 Å². The van der Waals surface area contributed by atoms with E-state index in [1.807, 2.05) is 27.2 Å². The largest absolute Gasteiger partial charge is 0.472 e. The number of rotatable bonds is 36. The fourth-order valence-corrected chi connectivity index (χ4v) is 7.06. The molecule has 4 atom stereocenters. The lowest BCUT2D eigenvalue weighted by atomic mass is 10.0. The van der Waals surface area contributed by atoms with Gasteiger partial charge in [0, 0.05) is 25.7 Å². The first-order valence-electron chi connectivity index (χ1n) is 21.9.